The molecular weight excluding hydrogens is 192 g/mol. The molecule has 1 fully saturated rings. The minimum Gasteiger partial charge on any atom is -0.497 e. The molecule has 0 saturated carbocycles. The van der Waals surface area contributed by atoms with Gasteiger partial charge in [0.05, 0.1) is 20.3 Å². The summed E-state index contributed by atoms with van der Waals surface area (Å²) in [7, 11) is 1.68. The zero-order valence-corrected chi connectivity index (χ0v) is 8.94. The Hall–Kier alpha value is -1.06. The largest absolute Gasteiger partial charge is 0.497 e. The standard InChI is InChI=1S/C12H16O3/c1-13-11-5-2-10(3-6-11)4-7-12-14-8-9-15-12/h2-3,5-6,12H,4,7-9H2,1H3. The van der Waals surface area contributed by atoms with E-state index in [2.05, 4.69) is 12.1 Å². The molecule has 1 aliphatic heterocycles. The molecule has 0 unspecified atom stereocenters. The molecule has 1 saturated heterocycles. The quantitative estimate of drug-likeness (QED) is 0.757. The highest BCUT2D eigenvalue weighted by Crippen LogP contribution is 2.15. The predicted octanol–water partition coefficient (Wildman–Crippen LogP) is 2.00. The van der Waals surface area contributed by atoms with E-state index >= 15 is 0 Å². The topological polar surface area (TPSA) is 27.7 Å². The van der Waals surface area contributed by atoms with Crippen molar-refractivity contribution in [1.82, 2.24) is 0 Å². The molecule has 0 bridgehead atoms. The lowest BCUT2D eigenvalue weighted by molar-refractivity contribution is -0.0461. The van der Waals surface area contributed by atoms with Crippen molar-refractivity contribution in [2.75, 3.05) is 20.3 Å². The number of benzene rings is 1. The lowest BCUT2D eigenvalue weighted by atomic mass is 10.1. The van der Waals surface area contributed by atoms with Gasteiger partial charge in [-0.25, -0.2) is 0 Å². The van der Waals surface area contributed by atoms with E-state index in [1.165, 1.54) is 5.56 Å². The van der Waals surface area contributed by atoms with Crippen LogP contribution in [0.4, 0.5) is 0 Å². The number of rotatable bonds is 4. The maximum Gasteiger partial charge on any atom is 0.158 e. The highest BCUT2D eigenvalue weighted by molar-refractivity contribution is 5.27. The SMILES string of the molecule is COc1ccc(CCC2OCCO2)cc1. The van der Waals surface area contributed by atoms with Crippen LogP contribution in [0.2, 0.25) is 0 Å². The fourth-order valence-electron chi connectivity index (χ4n) is 1.65. The summed E-state index contributed by atoms with van der Waals surface area (Å²) in [6, 6.07) is 8.11. The van der Waals surface area contributed by atoms with Gasteiger partial charge in [-0.1, -0.05) is 12.1 Å². The maximum atomic E-state index is 5.37. The van der Waals surface area contributed by atoms with Gasteiger partial charge in [0.1, 0.15) is 5.75 Å². The summed E-state index contributed by atoms with van der Waals surface area (Å²) >= 11 is 0. The molecule has 1 aliphatic rings. The van der Waals surface area contributed by atoms with Crippen LogP contribution in [0, 0.1) is 0 Å². The summed E-state index contributed by atoms with van der Waals surface area (Å²) in [5.41, 5.74) is 1.29. The van der Waals surface area contributed by atoms with Gasteiger partial charge in [-0.2, -0.15) is 0 Å². The van der Waals surface area contributed by atoms with Crippen molar-refractivity contribution in [1.29, 1.82) is 0 Å². The molecule has 1 aromatic rings. The van der Waals surface area contributed by atoms with Crippen LogP contribution in [0.5, 0.6) is 5.75 Å². The van der Waals surface area contributed by atoms with E-state index in [9.17, 15) is 0 Å². The molecule has 0 aliphatic carbocycles. The van der Waals surface area contributed by atoms with Gasteiger partial charge in [0.25, 0.3) is 0 Å². The van der Waals surface area contributed by atoms with E-state index in [1.807, 2.05) is 12.1 Å². The molecule has 0 aromatic heterocycles. The average molecular weight is 208 g/mol. The van der Waals surface area contributed by atoms with Gasteiger partial charge in [-0.3, -0.25) is 0 Å². The monoisotopic (exact) mass is 208 g/mol. The molecule has 82 valence electrons. The molecule has 2 rings (SSSR count). The molecule has 1 aromatic carbocycles. The van der Waals surface area contributed by atoms with Crippen molar-refractivity contribution in [3.8, 4) is 5.75 Å². The highest BCUT2D eigenvalue weighted by Gasteiger charge is 2.15. The Labute approximate surface area is 90.0 Å². The van der Waals surface area contributed by atoms with Crippen molar-refractivity contribution in [2.24, 2.45) is 0 Å². The van der Waals surface area contributed by atoms with Crippen molar-refractivity contribution in [2.45, 2.75) is 19.1 Å². The summed E-state index contributed by atoms with van der Waals surface area (Å²) in [5, 5.41) is 0. The third-order valence-corrected chi connectivity index (χ3v) is 2.52. The normalized spacial score (nSPS) is 16.9. The van der Waals surface area contributed by atoms with Crippen molar-refractivity contribution in [3.05, 3.63) is 29.8 Å². The van der Waals surface area contributed by atoms with Gasteiger partial charge in [-0.15, -0.1) is 0 Å². The fourth-order valence-corrected chi connectivity index (χ4v) is 1.65. The Morgan fingerprint density at radius 3 is 2.47 bits per heavy atom. The molecule has 0 amide bonds. The summed E-state index contributed by atoms with van der Waals surface area (Å²) in [4.78, 5) is 0. The molecule has 0 atom stereocenters. The summed E-state index contributed by atoms with van der Waals surface area (Å²) < 4.78 is 15.8. The second-order valence-electron chi connectivity index (χ2n) is 3.56. The Morgan fingerprint density at radius 1 is 1.20 bits per heavy atom. The predicted molar refractivity (Wildman–Crippen MR) is 57.0 cm³/mol. The number of hydrogen-bond acceptors (Lipinski definition) is 3. The average Bonchev–Trinajstić information content (AvgIpc) is 2.80. The van der Waals surface area contributed by atoms with E-state index in [4.69, 9.17) is 14.2 Å². The lowest BCUT2D eigenvalue weighted by Gasteiger charge is -2.08. The van der Waals surface area contributed by atoms with Crippen LogP contribution in [0.1, 0.15) is 12.0 Å². The maximum absolute atomic E-state index is 5.37. The van der Waals surface area contributed by atoms with Crippen LogP contribution in [0.15, 0.2) is 24.3 Å². The Morgan fingerprint density at radius 2 is 1.87 bits per heavy atom. The molecule has 3 heteroatoms. The molecule has 0 N–H and O–H groups in total. The Balaban J connectivity index is 1.82. The van der Waals surface area contributed by atoms with Crippen LogP contribution in [-0.4, -0.2) is 26.6 Å². The first kappa shape index (κ1) is 10.5. The van der Waals surface area contributed by atoms with Gasteiger partial charge < -0.3 is 14.2 Å². The van der Waals surface area contributed by atoms with Crippen LogP contribution >= 0.6 is 0 Å². The Kier molecular flexibility index (Phi) is 3.59. The van der Waals surface area contributed by atoms with E-state index in [0.29, 0.717) is 0 Å². The van der Waals surface area contributed by atoms with E-state index in [-0.39, 0.29) is 6.29 Å². The first-order valence-corrected chi connectivity index (χ1v) is 5.24. The first-order chi connectivity index (χ1) is 7.38. The second kappa shape index (κ2) is 5.14. The zero-order valence-electron chi connectivity index (χ0n) is 8.94. The molecule has 3 nitrogen and oxygen atoms in total. The number of ether oxygens (including phenoxy) is 3. The van der Waals surface area contributed by atoms with Crippen molar-refractivity contribution in [3.63, 3.8) is 0 Å². The van der Waals surface area contributed by atoms with E-state index in [1.54, 1.807) is 7.11 Å². The highest BCUT2D eigenvalue weighted by atomic mass is 16.7. The lowest BCUT2D eigenvalue weighted by Crippen LogP contribution is -2.08. The van der Waals surface area contributed by atoms with E-state index in [0.717, 1.165) is 31.8 Å². The summed E-state index contributed by atoms with van der Waals surface area (Å²) in [6.45, 7) is 1.46. The van der Waals surface area contributed by atoms with Crippen LogP contribution < -0.4 is 4.74 Å². The van der Waals surface area contributed by atoms with Crippen molar-refractivity contribution < 1.29 is 14.2 Å². The minimum atomic E-state index is -0.00731. The van der Waals surface area contributed by atoms with E-state index < -0.39 is 0 Å². The van der Waals surface area contributed by atoms with Gasteiger partial charge >= 0.3 is 0 Å². The molecule has 0 radical (unpaired) electrons. The fraction of sp³-hybridized carbons (Fsp3) is 0.500. The van der Waals surface area contributed by atoms with Gasteiger partial charge in [0, 0.05) is 6.42 Å². The molecular formula is C12H16O3. The third kappa shape index (κ3) is 2.94. The Bertz CT molecular complexity index is 288. The summed E-state index contributed by atoms with van der Waals surface area (Å²) in [5.74, 6) is 0.895. The number of methoxy groups -OCH3 is 1. The molecule has 15 heavy (non-hydrogen) atoms. The third-order valence-electron chi connectivity index (χ3n) is 2.52. The first-order valence-electron chi connectivity index (χ1n) is 5.24. The van der Waals surface area contributed by atoms with Crippen LogP contribution in [-0.2, 0) is 15.9 Å². The van der Waals surface area contributed by atoms with Gasteiger partial charge in [0.15, 0.2) is 6.29 Å². The van der Waals surface area contributed by atoms with Gasteiger partial charge in [-0.05, 0) is 24.1 Å². The number of aryl methyl sites for hydroxylation is 1. The summed E-state index contributed by atoms with van der Waals surface area (Å²) in [6.07, 6.45) is 1.90. The molecule has 1 heterocycles. The molecule has 0 spiro atoms. The van der Waals surface area contributed by atoms with Gasteiger partial charge in [0.2, 0.25) is 0 Å². The second-order valence-corrected chi connectivity index (χ2v) is 3.56. The number of hydrogen-bond donors (Lipinski definition) is 0. The van der Waals surface area contributed by atoms with Crippen LogP contribution in [0.3, 0.4) is 0 Å². The van der Waals surface area contributed by atoms with Crippen LogP contribution in [0.25, 0.3) is 0 Å². The minimum absolute atomic E-state index is 0.00731. The van der Waals surface area contributed by atoms with Crippen molar-refractivity contribution >= 4 is 0 Å². The smallest absolute Gasteiger partial charge is 0.158 e. The zero-order chi connectivity index (χ0) is 10.5.